The summed E-state index contributed by atoms with van der Waals surface area (Å²) >= 11 is 1.31. The number of carbonyl (C=O) groups excluding carboxylic acids is 2. The standard InChI is InChI=1S/C21H21N3O4S/c1-27-15-6-2-3-7-16(15)28-12-17(25)24-10-8-13(11-24)18-14-5-4-9-23-21(14)29-19(18)20(22)26/h2-7,9,13H,8,10-12H2,1H3,(H2,22,26)/t13-/m1/s1. The van der Waals surface area contributed by atoms with Gasteiger partial charge in [-0.1, -0.05) is 18.2 Å². The Hall–Kier alpha value is -3.13. The van der Waals surface area contributed by atoms with Crippen molar-refractivity contribution < 1.29 is 19.1 Å². The van der Waals surface area contributed by atoms with Crippen LogP contribution in [0.15, 0.2) is 42.6 Å². The zero-order chi connectivity index (χ0) is 20.4. The summed E-state index contributed by atoms with van der Waals surface area (Å²) in [6.45, 7) is 1.06. The van der Waals surface area contributed by atoms with Crippen LogP contribution < -0.4 is 15.2 Å². The highest BCUT2D eigenvalue weighted by atomic mass is 32.1. The summed E-state index contributed by atoms with van der Waals surface area (Å²) in [5.41, 5.74) is 6.52. The molecule has 1 aliphatic heterocycles. The lowest BCUT2D eigenvalue weighted by molar-refractivity contribution is -0.132. The van der Waals surface area contributed by atoms with Crippen LogP contribution in [-0.2, 0) is 4.79 Å². The molecule has 1 aromatic carbocycles. The zero-order valence-electron chi connectivity index (χ0n) is 16.0. The third kappa shape index (κ3) is 3.75. The first kappa shape index (κ1) is 19.2. The van der Waals surface area contributed by atoms with Crippen LogP contribution >= 0.6 is 11.3 Å². The highest BCUT2D eigenvalue weighted by molar-refractivity contribution is 7.20. The van der Waals surface area contributed by atoms with Gasteiger partial charge in [0, 0.05) is 30.6 Å². The van der Waals surface area contributed by atoms with Crippen molar-refractivity contribution in [1.82, 2.24) is 9.88 Å². The van der Waals surface area contributed by atoms with Gasteiger partial charge in [0.2, 0.25) is 0 Å². The van der Waals surface area contributed by atoms with E-state index in [1.54, 1.807) is 30.3 Å². The molecule has 0 bridgehead atoms. The second-order valence-electron chi connectivity index (χ2n) is 6.83. The van der Waals surface area contributed by atoms with Gasteiger partial charge in [-0.05, 0) is 30.2 Å². The van der Waals surface area contributed by atoms with Crippen molar-refractivity contribution in [3.05, 3.63) is 53.0 Å². The van der Waals surface area contributed by atoms with E-state index in [1.165, 1.54) is 11.3 Å². The molecule has 0 spiro atoms. The van der Waals surface area contributed by atoms with Crippen molar-refractivity contribution in [3.8, 4) is 11.5 Å². The SMILES string of the molecule is COc1ccccc1OCC(=O)N1CC[C@@H](c2c(C(N)=O)sc3ncccc23)C1. The first-order valence-corrected chi connectivity index (χ1v) is 10.1. The van der Waals surface area contributed by atoms with Crippen LogP contribution in [0.5, 0.6) is 11.5 Å². The summed E-state index contributed by atoms with van der Waals surface area (Å²) in [4.78, 5) is 32.1. The van der Waals surface area contributed by atoms with Crippen LogP contribution in [0.3, 0.4) is 0 Å². The molecule has 0 unspecified atom stereocenters. The van der Waals surface area contributed by atoms with Crippen molar-refractivity contribution in [2.45, 2.75) is 12.3 Å². The average molecular weight is 411 g/mol. The second-order valence-corrected chi connectivity index (χ2v) is 7.83. The summed E-state index contributed by atoms with van der Waals surface area (Å²) in [5, 5.41) is 0.941. The minimum absolute atomic E-state index is 0.0469. The van der Waals surface area contributed by atoms with Crippen LogP contribution in [-0.4, -0.2) is 48.5 Å². The van der Waals surface area contributed by atoms with Crippen LogP contribution in [0.1, 0.15) is 27.6 Å². The smallest absolute Gasteiger partial charge is 0.260 e. The maximum absolute atomic E-state index is 12.7. The van der Waals surface area contributed by atoms with E-state index in [4.69, 9.17) is 15.2 Å². The number of thiophene rings is 1. The van der Waals surface area contributed by atoms with Gasteiger partial charge in [-0.15, -0.1) is 11.3 Å². The Kier molecular flexibility index (Phi) is 5.35. The van der Waals surface area contributed by atoms with E-state index in [9.17, 15) is 9.59 Å². The van der Waals surface area contributed by atoms with E-state index >= 15 is 0 Å². The number of nitrogens with zero attached hydrogens (tertiary/aromatic N) is 2. The van der Waals surface area contributed by atoms with E-state index in [2.05, 4.69) is 4.98 Å². The number of benzene rings is 1. The van der Waals surface area contributed by atoms with Crippen molar-refractivity contribution in [3.63, 3.8) is 0 Å². The largest absolute Gasteiger partial charge is 0.493 e. The summed E-state index contributed by atoms with van der Waals surface area (Å²) in [5.74, 6) is 0.614. The number of amides is 2. The molecule has 1 saturated heterocycles. The third-order valence-corrected chi connectivity index (χ3v) is 6.24. The Morgan fingerprint density at radius 3 is 2.79 bits per heavy atom. The number of methoxy groups -OCH3 is 1. The molecule has 2 amide bonds. The minimum atomic E-state index is -0.452. The predicted octanol–water partition coefficient (Wildman–Crippen LogP) is 2.80. The lowest BCUT2D eigenvalue weighted by Gasteiger charge is -2.18. The molecule has 0 radical (unpaired) electrons. The Balaban J connectivity index is 1.48. The highest BCUT2D eigenvalue weighted by Crippen LogP contribution is 2.39. The molecule has 2 aromatic heterocycles. The molecule has 3 heterocycles. The van der Waals surface area contributed by atoms with Gasteiger partial charge < -0.3 is 20.1 Å². The van der Waals surface area contributed by atoms with E-state index < -0.39 is 5.91 Å². The number of nitrogens with two attached hydrogens (primary N) is 1. The summed E-state index contributed by atoms with van der Waals surface area (Å²) in [6.07, 6.45) is 2.47. The number of ether oxygens (including phenoxy) is 2. The fourth-order valence-electron chi connectivity index (χ4n) is 3.73. The number of aromatic nitrogens is 1. The summed E-state index contributed by atoms with van der Waals surface area (Å²) in [7, 11) is 1.56. The Labute approximate surface area is 172 Å². The van der Waals surface area contributed by atoms with Crippen LogP contribution in [0.4, 0.5) is 0 Å². The minimum Gasteiger partial charge on any atom is -0.493 e. The molecule has 29 heavy (non-hydrogen) atoms. The average Bonchev–Trinajstić information content (AvgIpc) is 3.36. The van der Waals surface area contributed by atoms with Gasteiger partial charge >= 0.3 is 0 Å². The quantitative estimate of drug-likeness (QED) is 0.673. The fraction of sp³-hybridized carbons (Fsp3) is 0.286. The van der Waals surface area contributed by atoms with Gasteiger partial charge in [0.25, 0.3) is 11.8 Å². The van der Waals surface area contributed by atoms with Gasteiger partial charge in [0.05, 0.1) is 12.0 Å². The lowest BCUT2D eigenvalue weighted by Crippen LogP contribution is -2.33. The molecule has 1 aliphatic rings. The van der Waals surface area contributed by atoms with Crippen molar-refractivity contribution in [2.24, 2.45) is 5.73 Å². The molecule has 1 fully saturated rings. The van der Waals surface area contributed by atoms with Gasteiger partial charge in [0.1, 0.15) is 4.83 Å². The van der Waals surface area contributed by atoms with Gasteiger partial charge in [-0.2, -0.15) is 0 Å². The van der Waals surface area contributed by atoms with E-state index in [0.29, 0.717) is 29.5 Å². The fourth-order valence-corrected chi connectivity index (χ4v) is 4.81. The first-order valence-electron chi connectivity index (χ1n) is 9.29. The molecule has 1 atom stereocenters. The molecule has 3 aromatic rings. The second kappa shape index (κ2) is 8.08. The van der Waals surface area contributed by atoms with Crippen molar-refractivity contribution in [2.75, 3.05) is 26.8 Å². The molecular formula is C21H21N3O4S. The molecular weight excluding hydrogens is 390 g/mol. The number of hydrogen-bond acceptors (Lipinski definition) is 6. The summed E-state index contributed by atoms with van der Waals surface area (Å²) in [6, 6.07) is 11.0. The Morgan fingerprint density at radius 1 is 1.24 bits per heavy atom. The third-order valence-electron chi connectivity index (χ3n) is 5.10. The predicted molar refractivity (Wildman–Crippen MR) is 111 cm³/mol. The highest BCUT2D eigenvalue weighted by Gasteiger charge is 2.32. The number of primary amides is 1. The van der Waals surface area contributed by atoms with E-state index in [0.717, 1.165) is 22.2 Å². The number of rotatable bonds is 6. The topological polar surface area (TPSA) is 94.8 Å². The normalized spacial score (nSPS) is 16.2. The number of para-hydroxylation sites is 2. The van der Waals surface area contributed by atoms with Gasteiger partial charge in [-0.3, -0.25) is 9.59 Å². The van der Waals surface area contributed by atoms with Crippen LogP contribution in [0, 0.1) is 0 Å². The number of fused-ring (bicyclic) bond motifs is 1. The zero-order valence-corrected chi connectivity index (χ0v) is 16.8. The molecule has 0 saturated carbocycles. The number of carbonyl (C=O) groups is 2. The molecule has 2 N–H and O–H groups in total. The van der Waals surface area contributed by atoms with Crippen LogP contribution in [0.2, 0.25) is 0 Å². The van der Waals surface area contributed by atoms with E-state index in [1.807, 2.05) is 24.3 Å². The molecule has 8 heteroatoms. The molecule has 0 aliphatic carbocycles. The van der Waals surface area contributed by atoms with Crippen molar-refractivity contribution in [1.29, 1.82) is 0 Å². The maximum atomic E-state index is 12.7. The maximum Gasteiger partial charge on any atom is 0.260 e. The van der Waals surface area contributed by atoms with Gasteiger partial charge in [0.15, 0.2) is 18.1 Å². The molecule has 150 valence electrons. The van der Waals surface area contributed by atoms with Crippen LogP contribution in [0.25, 0.3) is 10.2 Å². The number of hydrogen-bond donors (Lipinski definition) is 1. The summed E-state index contributed by atoms with van der Waals surface area (Å²) < 4.78 is 10.9. The first-order chi connectivity index (χ1) is 14.1. The Bertz CT molecular complexity index is 1070. The number of pyridine rings is 1. The number of likely N-dealkylation sites (tertiary alicyclic amines) is 1. The molecule has 7 nitrogen and oxygen atoms in total. The van der Waals surface area contributed by atoms with Gasteiger partial charge in [-0.25, -0.2) is 4.98 Å². The molecule has 4 rings (SSSR count). The lowest BCUT2D eigenvalue weighted by atomic mass is 9.95. The Morgan fingerprint density at radius 2 is 2.03 bits per heavy atom. The van der Waals surface area contributed by atoms with Crippen molar-refractivity contribution >= 4 is 33.4 Å². The monoisotopic (exact) mass is 411 g/mol. The van der Waals surface area contributed by atoms with E-state index in [-0.39, 0.29) is 18.4 Å².